The van der Waals surface area contributed by atoms with E-state index in [2.05, 4.69) is 10.2 Å². The van der Waals surface area contributed by atoms with Crippen LogP contribution in [0.4, 0.5) is 0 Å². The molecule has 0 N–H and O–H groups in total. The van der Waals surface area contributed by atoms with Crippen molar-refractivity contribution in [3.63, 3.8) is 0 Å². The van der Waals surface area contributed by atoms with Gasteiger partial charge in [-0.25, -0.2) is 0 Å². The van der Waals surface area contributed by atoms with Gasteiger partial charge in [-0.3, -0.25) is 0 Å². The highest BCUT2D eigenvalue weighted by molar-refractivity contribution is 6.12. The molecule has 0 fully saturated rings. The molecule has 0 aromatic rings. The predicted octanol–water partition coefficient (Wildman–Crippen LogP) is 0.876. The maximum Gasteiger partial charge on any atom is 0.248 e. The summed E-state index contributed by atoms with van der Waals surface area (Å²) in [6.45, 7) is 7.28. The minimum Gasteiger partial charge on any atom is -0.332 e. The van der Waals surface area contributed by atoms with Crippen LogP contribution in [0.2, 0.25) is 0 Å². The SMILES string of the molecule is CCOC([Si])(OCC)OCC. The van der Waals surface area contributed by atoms with Crippen LogP contribution in [0.3, 0.4) is 0 Å². The molecule has 0 atom stereocenters. The van der Waals surface area contributed by atoms with Gasteiger partial charge in [-0.2, -0.15) is 0 Å². The molecule has 11 heavy (non-hydrogen) atoms. The molecule has 0 aliphatic rings. The molecule has 3 nitrogen and oxygen atoms in total. The van der Waals surface area contributed by atoms with E-state index >= 15 is 0 Å². The van der Waals surface area contributed by atoms with Crippen molar-refractivity contribution in [2.75, 3.05) is 19.8 Å². The number of hydrogen-bond donors (Lipinski definition) is 0. The van der Waals surface area contributed by atoms with E-state index in [4.69, 9.17) is 14.2 Å². The first-order valence-electron chi connectivity index (χ1n) is 3.85. The van der Waals surface area contributed by atoms with Crippen LogP contribution >= 0.6 is 0 Å². The Labute approximate surface area is 71.4 Å². The molecular weight excluding hydrogens is 160 g/mol. The molecule has 0 unspecified atom stereocenters. The smallest absolute Gasteiger partial charge is 0.248 e. The highest BCUT2D eigenvalue weighted by Crippen LogP contribution is 2.09. The highest BCUT2D eigenvalue weighted by Gasteiger charge is 2.24. The molecule has 0 heterocycles. The molecule has 3 radical (unpaired) electrons. The van der Waals surface area contributed by atoms with Crippen LogP contribution in [0.5, 0.6) is 0 Å². The Morgan fingerprint density at radius 3 is 1.36 bits per heavy atom. The van der Waals surface area contributed by atoms with Gasteiger partial charge < -0.3 is 14.2 Å². The summed E-state index contributed by atoms with van der Waals surface area (Å²) in [6, 6.07) is 0. The van der Waals surface area contributed by atoms with Gasteiger partial charge in [0.05, 0.1) is 0 Å². The fraction of sp³-hybridized carbons (Fsp3) is 1.00. The number of ether oxygens (including phenoxy) is 3. The highest BCUT2D eigenvalue weighted by atomic mass is 28.1. The average molecular weight is 175 g/mol. The average Bonchev–Trinajstić information content (AvgIpc) is 1.88. The third-order valence-corrected chi connectivity index (χ3v) is 1.44. The normalized spacial score (nSPS) is 12.0. The van der Waals surface area contributed by atoms with E-state index in [1.807, 2.05) is 20.8 Å². The van der Waals surface area contributed by atoms with Crippen molar-refractivity contribution >= 4 is 10.2 Å². The second-order valence-electron chi connectivity index (χ2n) is 1.86. The minimum absolute atomic E-state index is 0.545. The minimum atomic E-state index is -1.04. The van der Waals surface area contributed by atoms with Crippen LogP contribution in [0, 0.1) is 0 Å². The third-order valence-electron chi connectivity index (χ3n) is 1.00. The van der Waals surface area contributed by atoms with Crippen molar-refractivity contribution in [1.82, 2.24) is 0 Å². The van der Waals surface area contributed by atoms with Crippen LogP contribution < -0.4 is 0 Å². The van der Waals surface area contributed by atoms with Crippen LogP contribution in [-0.2, 0) is 14.2 Å². The summed E-state index contributed by atoms with van der Waals surface area (Å²) in [5.41, 5.74) is -1.04. The van der Waals surface area contributed by atoms with Crippen LogP contribution in [0.25, 0.3) is 0 Å². The maximum absolute atomic E-state index is 5.18. The molecule has 0 aromatic heterocycles. The lowest BCUT2D eigenvalue weighted by Crippen LogP contribution is -2.39. The van der Waals surface area contributed by atoms with E-state index in [1.54, 1.807) is 0 Å². The van der Waals surface area contributed by atoms with Gasteiger partial charge in [0.25, 0.3) is 0 Å². The molecule has 0 aliphatic heterocycles. The van der Waals surface area contributed by atoms with Crippen molar-refractivity contribution in [2.24, 2.45) is 0 Å². The Morgan fingerprint density at radius 1 is 0.909 bits per heavy atom. The van der Waals surface area contributed by atoms with Crippen molar-refractivity contribution in [1.29, 1.82) is 0 Å². The largest absolute Gasteiger partial charge is 0.332 e. The maximum atomic E-state index is 5.18. The molecule has 0 amide bonds. The van der Waals surface area contributed by atoms with E-state index in [0.29, 0.717) is 19.8 Å². The zero-order valence-electron chi connectivity index (χ0n) is 7.35. The van der Waals surface area contributed by atoms with Gasteiger partial charge in [0.2, 0.25) is 5.60 Å². The fourth-order valence-corrected chi connectivity index (χ4v) is 1.13. The Bertz CT molecular complexity index is 80.7. The second-order valence-corrected chi connectivity index (χ2v) is 2.47. The first-order valence-corrected chi connectivity index (χ1v) is 4.35. The molecule has 0 aliphatic carbocycles. The van der Waals surface area contributed by atoms with Crippen LogP contribution in [0.1, 0.15) is 20.8 Å². The Balaban J connectivity index is 3.79. The van der Waals surface area contributed by atoms with E-state index in [1.165, 1.54) is 0 Å². The van der Waals surface area contributed by atoms with Crippen molar-refractivity contribution in [2.45, 2.75) is 26.4 Å². The zero-order valence-corrected chi connectivity index (χ0v) is 8.35. The van der Waals surface area contributed by atoms with E-state index in [9.17, 15) is 0 Å². The molecule has 0 saturated heterocycles. The summed E-state index contributed by atoms with van der Waals surface area (Å²) < 4.78 is 15.5. The van der Waals surface area contributed by atoms with E-state index in [-0.39, 0.29) is 0 Å². The summed E-state index contributed by atoms with van der Waals surface area (Å²) in [4.78, 5) is 0. The van der Waals surface area contributed by atoms with Crippen LogP contribution in [-0.4, -0.2) is 35.7 Å². The fourth-order valence-electron chi connectivity index (χ4n) is 0.695. The lowest BCUT2D eigenvalue weighted by Gasteiger charge is -2.28. The molecule has 4 heteroatoms. The van der Waals surface area contributed by atoms with Gasteiger partial charge in [-0.15, -0.1) is 0 Å². The number of hydrogen-bond acceptors (Lipinski definition) is 3. The summed E-state index contributed by atoms with van der Waals surface area (Å²) in [5.74, 6) is 0. The third kappa shape index (κ3) is 4.52. The first-order chi connectivity index (χ1) is 5.18. The van der Waals surface area contributed by atoms with Gasteiger partial charge >= 0.3 is 0 Å². The van der Waals surface area contributed by atoms with Gasteiger partial charge in [0.15, 0.2) is 10.2 Å². The number of rotatable bonds is 6. The molecule has 0 rings (SSSR count). The van der Waals surface area contributed by atoms with Gasteiger partial charge in [-0.1, -0.05) is 0 Å². The lowest BCUT2D eigenvalue weighted by molar-refractivity contribution is -0.320. The molecule has 65 valence electrons. The van der Waals surface area contributed by atoms with Crippen LogP contribution in [0.15, 0.2) is 0 Å². The first kappa shape index (κ1) is 11.1. The van der Waals surface area contributed by atoms with Crippen molar-refractivity contribution in [3.8, 4) is 0 Å². The Hall–Kier alpha value is 0.0969. The van der Waals surface area contributed by atoms with Gasteiger partial charge in [-0.05, 0) is 20.8 Å². The van der Waals surface area contributed by atoms with E-state index < -0.39 is 5.60 Å². The molecule has 0 bridgehead atoms. The molecule has 0 aromatic carbocycles. The second kappa shape index (κ2) is 5.71. The van der Waals surface area contributed by atoms with E-state index in [0.717, 1.165) is 0 Å². The topological polar surface area (TPSA) is 27.7 Å². The van der Waals surface area contributed by atoms with Crippen molar-refractivity contribution < 1.29 is 14.2 Å². The van der Waals surface area contributed by atoms with Crippen molar-refractivity contribution in [3.05, 3.63) is 0 Å². The van der Waals surface area contributed by atoms with Gasteiger partial charge in [0.1, 0.15) is 0 Å². The predicted molar refractivity (Wildman–Crippen MR) is 43.4 cm³/mol. The quantitative estimate of drug-likeness (QED) is 0.443. The lowest BCUT2D eigenvalue weighted by atomic mass is 10.8. The standard InChI is InChI=1S/C7H15O3Si/c1-4-8-7(11,9-5-2)10-6-3/h4-6H2,1-3H3. The molecule has 0 saturated carbocycles. The Kier molecular flexibility index (Phi) is 5.76. The summed E-state index contributed by atoms with van der Waals surface area (Å²) in [7, 11) is 3.25. The molecular formula is C7H15O3Si. The summed E-state index contributed by atoms with van der Waals surface area (Å²) >= 11 is 0. The summed E-state index contributed by atoms with van der Waals surface area (Å²) in [5, 5.41) is 0. The summed E-state index contributed by atoms with van der Waals surface area (Å²) in [6.07, 6.45) is 0. The zero-order chi connectivity index (χ0) is 8.74. The Morgan fingerprint density at radius 2 is 1.18 bits per heavy atom. The van der Waals surface area contributed by atoms with Gasteiger partial charge in [0, 0.05) is 19.8 Å². The monoisotopic (exact) mass is 175 g/mol. The molecule has 0 spiro atoms.